The van der Waals surface area contributed by atoms with Crippen LogP contribution in [0.25, 0.3) is 0 Å². The van der Waals surface area contributed by atoms with E-state index in [1.165, 1.54) is 0 Å². The van der Waals surface area contributed by atoms with E-state index < -0.39 is 0 Å². The van der Waals surface area contributed by atoms with Crippen molar-refractivity contribution in [1.82, 2.24) is 0 Å². The predicted molar refractivity (Wildman–Crippen MR) is 112 cm³/mol. The van der Waals surface area contributed by atoms with Gasteiger partial charge in [0.1, 0.15) is 6.61 Å². The van der Waals surface area contributed by atoms with Crippen molar-refractivity contribution in [2.24, 2.45) is 4.99 Å². The van der Waals surface area contributed by atoms with Gasteiger partial charge in [0, 0.05) is 6.21 Å². The summed E-state index contributed by atoms with van der Waals surface area (Å²) in [5.41, 5.74) is 2.45. The van der Waals surface area contributed by atoms with Gasteiger partial charge >= 0.3 is 0 Å². The van der Waals surface area contributed by atoms with Crippen LogP contribution in [0, 0.1) is 0 Å². The van der Waals surface area contributed by atoms with Crippen LogP contribution in [0.2, 0.25) is 15.1 Å². The lowest BCUT2D eigenvalue weighted by Gasteiger charge is -2.11. The average molecular weight is 421 g/mol. The van der Waals surface area contributed by atoms with Gasteiger partial charge in [-0.15, -0.1) is 0 Å². The molecule has 0 radical (unpaired) electrons. The third-order valence-electron chi connectivity index (χ3n) is 3.77. The molecule has 0 N–H and O–H groups in total. The van der Waals surface area contributed by atoms with E-state index in [4.69, 9.17) is 44.3 Å². The minimum Gasteiger partial charge on any atom is -0.493 e. The molecular formula is C21H16Cl3NO2. The Kier molecular flexibility index (Phi) is 6.62. The predicted octanol–water partition coefficient (Wildman–Crippen LogP) is 6.99. The Morgan fingerprint density at radius 1 is 0.852 bits per heavy atom. The lowest BCUT2D eigenvalue weighted by Crippen LogP contribution is -1.98. The normalized spacial score (nSPS) is 11.0. The van der Waals surface area contributed by atoms with E-state index in [9.17, 15) is 0 Å². The van der Waals surface area contributed by atoms with Gasteiger partial charge in [-0.25, -0.2) is 0 Å². The highest BCUT2D eigenvalue weighted by Gasteiger charge is 2.07. The second kappa shape index (κ2) is 9.14. The zero-order valence-corrected chi connectivity index (χ0v) is 16.7. The van der Waals surface area contributed by atoms with Gasteiger partial charge in [-0.05, 0) is 41.5 Å². The highest BCUT2D eigenvalue weighted by molar-refractivity contribution is 6.43. The maximum absolute atomic E-state index is 6.15. The number of hydrogen-bond donors (Lipinski definition) is 0. The monoisotopic (exact) mass is 419 g/mol. The zero-order valence-electron chi connectivity index (χ0n) is 14.5. The van der Waals surface area contributed by atoms with Crippen LogP contribution >= 0.6 is 34.8 Å². The van der Waals surface area contributed by atoms with E-state index >= 15 is 0 Å². The van der Waals surface area contributed by atoms with Crippen LogP contribution in [-0.2, 0) is 6.61 Å². The summed E-state index contributed by atoms with van der Waals surface area (Å²) in [4.78, 5) is 4.38. The molecule has 0 fully saturated rings. The lowest BCUT2D eigenvalue weighted by atomic mass is 10.2. The molecule has 0 amide bonds. The van der Waals surface area contributed by atoms with Gasteiger partial charge in [0.15, 0.2) is 11.5 Å². The number of methoxy groups -OCH3 is 1. The second-order valence-electron chi connectivity index (χ2n) is 5.66. The minimum absolute atomic E-state index is 0.391. The highest BCUT2D eigenvalue weighted by Crippen LogP contribution is 2.34. The quantitative estimate of drug-likeness (QED) is 0.318. The molecule has 0 aliphatic carbocycles. The fourth-order valence-corrected chi connectivity index (χ4v) is 2.96. The Morgan fingerprint density at radius 3 is 2.33 bits per heavy atom. The van der Waals surface area contributed by atoms with Crippen molar-refractivity contribution in [3.8, 4) is 11.5 Å². The fourth-order valence-electron chi connectivity index (χ4n) is 2.37. The summed E-state index contributed by atoms with van der Waals surface area (Å²) >= 11 is 18.1. The van der Waals surface area contributed by atoms with Crippen molar-refractivity contribution in [2.45, 2.75) is 6.61 Å². The minimum atomic E-state index is 0.391. The first-order valence-electron chi connectivity index (χ1n) is 8.10. The van der Waals surface area contributed by atoms with Crippen LogP contribution < -0.4 is 9.47 Å². The highest BCUT2D eigenvalue weighted by atomic mass is 35.5. The van der Waals surface area contributed by atoms with E-state index in [0.29, 0.717) is 38.9 Å². The first-order valence-corrected chi connectivity index (χ1v) is 9.23. The molecule has 3 rings (SSSR count). The second-order valence-corrected chi connectivity index (χ2v) is 6.88. The van der Waals surface area contributed by atoms with Crippen LogP contribution in [0.15, 0.2) is 65.7 Å². The number of hydrogen-bond acceptors (Lipinski definition) is 3. The maximum atomic E-state index is 6.15. The van der Waals surface area contributed by atoms with Crippen molar-refractivity contribution in [3.63, 3.8) is 0 Å². The van der Waals surface area contributed by atoms with Crippen molar-refractivity contribution in [3.05, 3.63) is 86.9 Å². The SMILES string of the molecule is COc1cc(C=Nc2cc(Cl)c(Cl)cc2Cl)ccc1OCc1ccccc1. The molecule has 3 aromatic carbocycles. The summed E-state index contributed by atoms with van der Waals surface area (Å²) < 4.78 is 11.3. The summed E-state index contributed by atoms with van der Waals surface area (Å²) in [5, 5.41) is 1.22. The van der Waals surface area contributed by atoms with Gasteiger partial charge < -0.3 is 9.47 Å². The summed E-state index contributed by atoms with van der Waals surface area (Å²) in [7, 11) is 1.60. The molecule has 138 valence electrons. The summed E-state index contributed by atoms with van der Waals surface area (Å²) in [6.07, 6.45) is 1.68. The van der Waals surface area contributed by atoms with E-state index in [-0.39, 0.29) is 0 Å². The molecule has 0 heterocycles. The fraction of sp³-hybridized carbons (Fsp3) is 0.0952. The Labute approximate surface area is 173 Å². The van der Waals surface area contributed by atoms with E-state index in [0.717, 1.165) is 11.1 Å². The van der Waals surface area contributed by atoms with Crippen LogP contribution in [0.1, 0.15) is 11.1 Å². The van der Waals surface area contributed by atoms with Crippen LogP contribution in [0.3, 0.4) is 0 Å². The number of nitrogens with zero attached hydrogens (tertiary/aromatic N) is 1. The number of benzene rings is 3. The van der Waals surface area contributed by atoms with E-state index in [2.05, 4.69) is 4.99 Å². The molecule has 6 heteroatoms. The van der Waals surface area contributed by atoms with Crippen LogP contribution in [-0.4, -0.2) is 13.3 Å². The number of ether oxygens (including phenoxy) is 2. The van der Waals surface area contributed by atoms with E-state index in [1.807, 2.05) is 48.5 Å². The van der Waals surface area contributed by atoms with Gasteiger partial charge in [0.25, 0.3) is 0 Å². The molecular weight excluding hydrogens is 405 g/mol. The molecule has 0 bridgehead atoms. The van der Waals surface area contributed by atoms with Gasteiger partial charge in [0.05, 0.1) is 27.9 Å². The molecule has 3 nitrogen and oxygen atoms in total. The summed E-state index contributed by atoms with van der Waals surface area (Å²) in [6.45, 7) is 0.462. The molecule has 0 aromatic heterocycles. The van der Waals surface area contributed by atoms with Crippen molar-refractivity contribution < 1.29 is 9.47 Å². The molecule has 0 aliphatic heterocycles. The van der Waals surface area contributed by atoms with Gasteiger partial charge in [-0.3, -0.25) is 4.99 Å². The molecule has 0 spiro atoms. The van der Waals surface area contributed by atoms with Gasteiger partial charge in [-0.2, -0.15) is 0 Å². The topological polar surface area (TPSA) is 30.8 Å². The molecule has 3 aromatic rings. The van der Waals surface area contributed by atoms with Gasteiger partial charge in [0.2, 0.25) is 0 Å². The average Bonchev–Trinajstić information content (AvgIpc) is 2.69. The number of aliphatic imine (C=N–C) groups is 1. The molecule has 0 saturated heterocycles. The Bertz CT molecular complexity index is 959. The third kappa shape index (κ3) is 5.16. The third-order valence-corrected chi connectivity index (χ3v) is 4.79. The standard InChI is InChI=1S/C21H16Cl3NO2/c1-26-21-9-15(12-25-19-11-17(23)16(22)10-18(19)24)7-8-20(21)27-13-14-5-3-2-4-6-14/h2-12H,13H2,1H3. The maximum Gasteiger partial charge on any atom is 0.161 e. The Morgan fingerprint density at radius 2 is 1.59 bits per heavy atom. The lowest BCUT2D eigenvalue weighted by molar-refractivity contribution is 0.284. The first-order chi connectivity index (χ1) is 13.1. The smallest absolute Gasteiger partial charge is 0.161 e. The summed E-state index contributed by atoms with van der Waals surface area (Å²) in [5.74, 6) is 1.28. The zero-order chi connectivity index (χ0) is 19.2. The van der Waals surface area contributed by atoms with Crippen molar-refractivity contribution in [2.75, 3.05) is 7.11 Å². The van der Waals surface area contributed by atoms with Crippen molar-refractivity contribution >= 4 is 46.7 Å². The van der Waals surface area contributed by atoms with E-state index in [1.54, 1.807) is 25.5 Å². The largest absolute Gasteiger partial charge is 0.493 e. The molecule has 0 unspecified atom stereocenters. The Hall–Kier alpha value is -2.20. The molecule has 0 saturated carbocycles. The van der Waals surface area contributed by atoms with Crippen molar-refractivity contribution in [1.29, 1.82) is 0 Å². The summed E-state index contributed by atoms with van der Waals surface area (Å²) in [6, 6.07) is 18.7. The number of halogens is 3. The van der Waals surface area contributed by atoms with Gasteiger partial charge in [-0.1, -0.05) is 65.1 Å². The molecule has 0 atom stereocenters. The Balaban J connectivity index is 1.76. The van der Waals surface area contributed by atoms with Crippen LogP contribution in [0.4, 0.5) is 5.69 Å². The number of rotatable bonds is 6. The van der Waals surface area contributed by atoms with Crippen LogP contribution in [0.5, 0.6) is 11.5 Å². The molecule has 27 heavy (non-hydrogen) atoms. The first kappa shape index (κ1) is 19.6. The molecule has 0 aliphatic rings.